The first-order valence-electron chi connectivity index (χ1n) is 13.4. The summed E-state index contributed by atoms with van der Waals surface area (Å²) in [6.45, 7) is 4.18. The van der Waals surface area contributed by atoms with Crippen LogP contribution >= 0.6 is 11.6 Å². The van der Waals surface area contributed by atoms with E-state index in [2.05, 4.69) is 0 Å². The summed E-state index contributed by atoms with van der Waals surface area (Å²) in [4.78, 5) is 46.7. The molecular weight excluding hydrogens is 536 g/mol. The quantitative estimate of drug-likeness (QED) is 0.251. The van der Waals surface area contributed by atoms with Gasteiger partial charge in [-0.15, -0.1) is 0 Å². The highest BCUT2D eigenvalue weighted by molar-refractivity contribution is 6.31. The molecule has 1 unspecified atom stereocenters. The number of amides is 2. The zero-order valence-corrected chi connectivity index (χ0v) is 23.2. The van der Waals surface area contributed by atoms with Crippen molar-refractivity contribution in [2.75, 3.05) is 4.90 Å². The van der Waals surface area contributed by atoms with Crippen molar-refractivity contribution < 1.29 is 14.0 Å². The molecular formula is C34H25ClN2O4. The molecule has 1 atom stereocenters. The molecule has 41 heavy (non-hydrogen) atoms. The predicted octanol–water partition coefficient (Wildman–Crippen LogP) is 6.51. The van der Waals surface area contributed by atoms with E-state index in [1.807, 2.05) is 86.6 Å². The summed E-state index contributed by atoms with van der Waals surface area (Å²) in [6.07, 6.45) is 0. The second-order valence-electron chi connectivity index (χ2n) is 10.7. The van der Waals surface area contributed by atoms with Crippen molar-refractivity contribution >= 4 is 40.1 Å². The first kappa shape index (κ1) is 25.3. The van der Waals surface area contributed by atoms with E-state index in [9.17, 15) is 14.4 Å². The average molecular weight is 561 g/mol. The third-order valence-electron chi connectivity index (χ3n) is 8.14. The number of anilines is 1. The molecule has 3 heterocycles. The minimum Gasteiger partial charge on any atom is -0.450 e. The first-order valence-corrected chi connectivity index (χ1v) is 13.8. The van der Waals surface area contributed by atoms with Gasteiger partial charge >= 0.3 is 0 Å². The Morgan fingerprint density at radius 1 is 0.805 bits per heavy atom. The molecule has 202 valence electrons. The van der Waals surface area contributed by atoms with Gasteiger partial charge in [0.1, 0.15) is 5.58 Å². The second-order valence-corrected chi connectivity index (χ2v) is 11.1. The molecule has 1 spiro atoms. The van der Waals surface area contributed by atoms with Gasteiger partial charge in [0.25, 0.3) is 11.8 Å². The van der Waals surface area contributed by atoms with E-state index in [1.54, 1.807) is 23.1 Å². The molecule has 0 fully saturated rings. The van der Waals surface area contributed by atoms with Crippen LogP contribution in [0.25, 0.3) is 11.0 Å². The van der Waals surface area contributed by atoms with E-state index in [4.69, 9.17) is 16.0 Å². The van der Waals surface area contributed by atoms with Crippen LogP contribution in [0.1, 0.15) is 43.9 Å². The lowest BCUT2D eigenvalue weighted by atomic mass is 9.83. The lowest BCUT2D eigenvalue weighted by Crippen LogP contribution is -2.53. The zero-order chi connectivity index (χ0) is 28.5. The summed E-state index contributed by atoms with van der Waals surface area (Å²) in [7, 11) is 0. The van der Waals surface area contributed by atoms with E-state index >= 15 is 0 Å². The fraction of sp³-hybridized carbons (Fsp3) is 0.147. The van der Waals surface area contributed by atoms with Crippen LogP contribution in [-0.2, 0) is 23.4 Å². The number of rotatable bonds is 4. The van der Waals surface area contributed by atoms with Gasteiger partial charge in [-0.25, -0.2) is 0 Å². The van der Waals surface area contributed by atoms with Gasteiger partial charge in [0, 0.05) is 17.1 Å². The summed E-state index contributed by atoms with van der Waals surface area (Å²) in [5, 5.41) is 0.791. The van der Waals surface area contributed by atoms with Crippen LogP contribution < -0.4 is 10.3 Å². The van der Waals surface area contributed by atoms with Crippen molar-refractivity contribution in [2.24, 2.45) is 0 Å². The van der Waals surface area contributed by atoms with E-state index < -0.39 is 11.4 Å². The highest BCUT2D eigenvalue weighted by Gasteiger charge is 2.65. The van der Waals surface area contributed by atoms with Gasteiger partial charge in [-0.2, -0.15) is 0 Å². The number of benzene rings is 4. The molecule has 7 heteroatoms. The maximum absolute atomic E-state index is 14.9. The molecule has 0 bridgehead atoms. The molecule has 0 radical (unpaired) electrons. The topological polar surface area (TPSA) is 70.8 Å². The molecule has 0 aliphatic carbocycles. The SMILES string of the molecule is Cc1ccc(CN2C(=O)C3(c4ccccc42)c2c(oc4ccc(C)cc4c2=O)C(=O)N3Cc2ccccc2Cl)cc1. The van der Waals surface area contributed by atoms with Gasteiger partial charge in [0.2, 0.25) is 5.76 Å². The van der Waals surface area contributed by atoms with E-state index in [1.165, 1.54) is 4.90 Å². The number of hydrogen-bond acceptors (Lipinski definition) is 4. The largest absolute Gasteiger partial charge is 0.450 e. The molecule has 4 aromatic carbocycles. The smallest absolute Gasteiger partial charge is 0.291 e. The molecule has 2 aliphatic rings. The van der Waals surface area contributed by atoms with Crippen molar-refractivity contribution in [1.82, 2.24) is 4.90 Å². The van der Waals surface area contributed by atoms with Gasteiger partial charge in [0.15, 0.2) is 11.0 Å². The summed E-state index contributed by atoms with van der Waals surface area (Å²) in [6, 6.07) is 27.8. The van der Waals surface area contributed by atoms with E-state index in [-0.39, 0.29) is 35.7 Å². The Morgan fingerprint density at radius 3 is 2.29 bits per heavy atom. The maximum Gasteiger partial charge on any atom is 0.291 e. The molecule has 7 rings (SSSR count). The highest BCUT2D eigenvalue weighted by atomic mass is 35.5. The number of para-hydroxylation sites is 1. The Bertz CT molecular complexity index is 1960. The number of halogens is 1. The van der Waals surface area contributed by atoms with Crippen LogP contribution in [0.4, 0.5) is 5.69 Å². The van der Waals surface area contributed by atoms with Gasteiger partial charge in [-0.1, -0.05) is 89.5 Å². The Balaban J connectivity index is 1.52. The summed E-state index contributed by atoms with van der Waals surface area (Å²) in [5.74, 6) is -1.02. The third kappa shape index (κ3) is 3.60. The van der Waals surface area contributed by atoms with Crippen molar-refractivity contribution in [3.63, 3.8) is 0 Å². The van der Waals surface area contributed by atoms with Gasteiger partial charge in [-0.05, 0) is 49.2 Å². The Kier molecular flexibility index (Phi) is 5.66. The van der Waals surface area contributed by atoms with Gasteiger partial charge in [0.05, 0.1) is 23.2 Å². The lowest BCUT2D eigenvalue weighted by Gasteiger charge is -2.34. The first-order chi connectivity index (χ1) is 19.8. The number of fused-ring (bicyclic) bond motifs is 5. The van der Waals surface area contributed by atoms with Crippen molar-refractivity contribution in [3.8, 4) is 0 Å². The molecule has 2 aliphatic heterocycles. The molecule has 2 amide bonds. The average Bonchev–Trinajstić information content (AvgIpc) is 3.36. The van der Waals surface area contributed by atoms with Crippen LogP contribution in [0.2, 0.25) is 5.02 Å². The molecule has 1 aromatic heterocycles. The number of aryl methyl sites for hydroxylation is 2. The monoisotopic (exact) mass is 560 g/mol. The van der Waals surface area contributed by atoms with Crippen LogP contribution in [0.15, 0.2) is 100 Å². The van der Waals surface area contributed by atoms with Crippen LogP contribution in [-0.4, -0.2) is 16.7 Å². The Morgan fingerprint density at radius 2 is 1.51 bits per heavy atom. The standard InChI is InChI=1S/C34H25ClN2O4/c1-20-11-14-22(15-12-20)18-36-27-10-6-4-8-25(27)34(33(36)40)29-30(38)24-17-21(2)13-16-28(24)41-31(29)32(39)37(34)19-23-7-3-5-9-26(23)35/h3-17H,18-19H2,1-2H3. The number of carbonyl (C=O) groups is 2. The minimum atomic E-state index is -1.72. The normalized spacial score (nSPS) is 17.5. The Hall–Kier alpha value is -4.68. The van der Waals surface area contributed by atoms with E-state index in [0.29, 0.717) is 32.8 Å². The third-order valence-corrected chi connectivity index (χ3v) is 8.51. The van der Waals surface area contributed by atoms with Crippen LogP contribution in [0.5, 0.6) is 0 Å². The summed E-state index contributed by atoms with van der Waals surface area (Å²) in [5.41, 5.74) is 3.03. The summed E-state index contributed by atoms with van der Waals surface area (Å²) < 4.78 is 6.17. The van der Waals surface area contributed by atoms with Gasteiger partial charge in [-0.3, -0.25) is 14.4 Å². The number of hydrogen-bond donors (Lipinski definition) is 0. The lowest BCUT2D eigenvalue weighted by molar-refractivity contribution is -0.126. The fourth-order valence-corrected chi connectivity index (χ4v) is 6.35. The van der Waals surface area contributed by atoms with Crippen LogP contribution in [0.3, 0.4) is 0 Å². The van der Waals surface area contributed by atoms with Crippen molar-refractivity contribution in [2.45, 2.75) is 32.5 Å². The minimum absolute atomic E-state index is 0.00989. The molecule has 0 saturated heterocycles. The highest BCUT2D eigenvalue weighted by Crippen LogP contribution is 2.53. The number of carbonyl (C=O) groups excluding carboxylic acids is 2. The van der Waals surface area contributed by atoms with E-state index in [0.717, 1.165) is 16.7 Å². The number of nitrogens with zero attached hydrogens (tertiary/aromatic N) is 2. The summed E-state index contributed by atoms with van der Waals surface area (Å²) >= 11 is 6.56. The Labute approximate surface area is 241 Å². The molecule has 0 saturated carbocycles. The van der Waals surface area contributed by atoms with Crippen molar-refractivity contribution in [1.29, 1.82) is 0 Å². The molecule has 0 N–H and O–H groups in total. The van der Waals surface area contributed by atoms with Crippen molar-refractivity contribution in [3.05, 3.63) is 145 Å². The zero-order valence-electron chi connectivity index (χ0n) is 22.5. The maximum atomic E-state index is 14.9. The fourth-order valence-electron chi connectivity index (χ4n) is 6.16. The van der Waals surface area contributed by atoms with Gasteiger partial charge < -0.3 is 14.2 Å². The predicted molar refractivity (Wildman–Crippen MR) is 158 cm³/mol. The molecule has 5 aromatic rings. The molecule has 6 nitrogen and oxygen atoms in total. The second kappa shape index (κ2) is 9.18. The van der Waals surface area contributed by atoms with Crippen LogP contribution in [0, 0.1) is 13.8 Å².